The van der Waals surface area contributed by atoms with Crippen molar-refractivity contribution in [2.75, 3.05) is 27.2 Å². The minimum Gasteiger partial charge on any atom is -0.352 e. The van der Waals surface area contributed by atoms with Gasteiger partial charge < -0.3 is 19.7 Å². The van der Waals surface area contributed by atoms with Crippen molar-refractivity contribution in [2.24, 2.45) is 0 Å². The molecule has 1 aliphatic rings. The van der Waals surface area contributed by atoms with Gasteiger partial charge in [0.2, 0.25) is 0 Å². The zero-order chi connectivity index (χ0) is 22.1. The van der Waals surface area contributed by atoms with Crippen molar-refractivity contribution in [1.29, 1.82) is 0 Å². The van der Waals surface area contributed by atoms with Gasteiger partial charge >= 0.3 is 0 Å². The second-order valence-corrected chi connectivity index (χ2v) is 8.62. The number of nitrogens with zero attached hydrogens (tertiary/aromatic N) is 4. The fourth-order valence-electron chi connectivity index (χ4n) is 4.38. The van der Waals surface area contributed by atoms with Gasteiger partial charge in [-0.2, -0.15) is 0 Å². The maximum absolute atomic E-state index is 14.6. The van der Waals surface area contributed by atoms with Crippen molar-refractivity contribution in [3.63, 3.8) is 0 Å². The summed E-state index contributed by atoms with van der Waals surface area (Å²) in [7, 11) is 4.11. The average Bonchev–Trinajstić information content (AvgIpc) is 3.23. The number of pyridine rings is 1. The van der Waals surface area contributed by atoms with Crippen LogP contribution in [0.3, 0.4) is 0 Å². The standard InChI is InChI=1S/C24H28FN5S/c1-16-15-18(17(2)30(16)21-11-6-5-9-19(21)25)23-22(20-10-7-8-12-26-20)27-24(31)29(23)14-13-28(3)4/h5-12,15,22-23H,13-14H2,1-4H3,(H,27,31)/t22-,23+/m1/s1. The molecule has 1 aromatic carbocycles. The number of aryl methyl sites for hydroxylation is 1. The monoisotopic (exact) mass is 437 g/mol. The van der Waals surface area contributed by atoms with Gasteiger partial charge in [-0.25, -0.2) is 4.39 Å². The number of benzene rings is 1. The Morgan fingerprint density at radius 3 is 2.55 bits per heavy atom. The number of nitrogens with one attached hydrogen (secondary N) is 1. The number of likely N-dealkylation sites (N-methyl/N-ethyl adjacent to an activating group) is 1. The van der Waals surface area contributed by atoms with Crippen LogP contribution in [-0.4, -0.2) is 51.6 Å². The van der Waals surface area contributed by atoms with Gasteiger partial charge in [0.1, 0.15) is 5.82 Å². The van der Waals surface area contributed by atoms with Crippen molar-refractivity contribution < 1.29 is 4.39 Å². The molecule has 1 N–H and O–H groups in total. The number of aromatic nitrogens is 2. The van der Waals surface area contributed by atoms with Crippen LogP contribution in [0.5, 0.6) is 0 Å². The molecule has 0 bridgehead atoms. The molecule has 0 aliphatic carbocycles. The van der Waals surface area contributed by atoms with Crippen LogP contribution < -0.4 is 5.32 Å². The molecule has 0 unspecified atom stereocenters. The average molecular weight is 438 g/mol. The first-order valence-electron chi connectivity index (χ1n) is 10.4. The summed E-state index contributed by atoms with van der Waals surface area (Å²) >= 11 is 5.75. The van der Waals surface area contributed by atoms with Crippen LogP contribution in [0.25, 0.3) is 5.69 Å². The Morgan fingerprint density at radius 1 is 1.13 bits per heavy atom. The van der Waals surface area contributed by atoms with Crippen molar-refractivity contribution in [1.82, 2.24) is 24.7 Å². The fraction of sp³-hybridized carbons (Fsp3) is 0.333. The van der Waals surface area contributed by atoms with E-state index in [2.05, 4.69) is 47.2 Å². The van der Waals surface area contributed by atoms with Gasteiger partial charge in [-0.05, 0) is 76.1 Å². The molecule has 0 amide bonds. The molecular formula is C24H28FN5S. The highest BCUT2D eigenvalue weighted by Crippen LogP contribution is 2.41. The van der Waals surface area contributed by atoms with Crippen LogP contribution in [0.2, 0.25) is 0 Å². The lowest BCUT2D eigenvalue weighted by Gasteiger charge is -2.29. The van der Waals surface area contributed by atoms with Gasteiger partial charge in [-0.15, -0.1) is 0 Å². The maximum atomic E-state index is 14.6. The van der Waals surface area contributed by atoms with Crippen LogP contribution in [0.1, 0.15) is 34.7 Å². The Labute approximate surface area is 188 Å². The molecule has 1 aliphatic heterocycles. The predicted molar refractivity (Wildman–Crippen MR) is 126 cm³/mol. The van der Waals surface area contributed by atoms with Crippen LogP contribution in [0.4, 0.5) is 4.39 Å². The molecule has 2 aromatic heterocycles. The van der Waals surface area contributed by atoms with Crippen LogP contribution in [0, 0.1) is 19.7 Å². The van der Waals surface area contributed by atoms with Crippen LogP contribution >= 0.6 is 12.2 Å². The highest BCUT2D eigenvalue weighted by atomic mass is 32.1. The lowest BCUT2D eigenvalue weighted by molar-refractivity contribution is 0.277. The summed E-state index contributed by atoms with van der Waals surface area (Å²) in [5.41, 5.74) is 4.63. The summed E-state index contributed by atoms with van der Waals surface area (Å²) in [4.78, 5) is 8.99. The first-order valence-corrected chi connectivity index (χ1v) is 10.9. The van der Waals surface area contributed by atoms with E-state index in [-0.39, 0.29) is 17.9 Å². The summed E-state index contributed by atoms with van der Waals surface area (Å²) in [5, 5.41) is 4.21. The number of hydrogen-bond acceptors (Lipinski definition) is 3. The molecule has 2 atom stereocenters. The third-order valence-electron chi connectivity index (χ3n) is 5.87. The highest BCUT2D eigenvalue weighted by molar-refractivity contribution is 7.80. The largest absolute Gasteiger partial charge is 0.352 e. The fourth-order valence-corrected chi connectivity index (χ4v) is 4.72. The molecule has 4 rings (SSSR count). The molecule has 31 heavy (non-hydrogen) atoms. The van der Waals surface area contributed by atoms with E-state index in [0.717, 1.165) is 40.8 Å². The topological polar surface area (TPSA) is 36.3 Å². The Hall–Kier alpha value is -2.77. The summed E-state index contributed by atoms with van der Waals surface area (Å²) in [5.74, 6) is -0.235. The van der Waals surface area contributed by atoms with E-state index in [1.165, 1.54) is 6.07 Å². The zero-order valence-corrected chi connectivity index (χ0v) is 19.2. The minimum atomic E-state index is -0.235. The minimum absolute atomic E-state index is 0.0333. The van der Waals surface area contributed by atoms with Gasteiger partial charge in [-0.1, -0.05) is 18.2 Å². The first-order chi connectivity index (χ1) is 14.9. The van der Waals surface area contributed by atoms with Crippen molar-refractivity contribution in [3.05, 3.63) is 83.2 Å². The quantitative estimate of drug-likeness (QED) is 0.586. The van der Waals surface area contributed by atoms with E-state index in [0.29, 0.717) is 5.69 Å². The number of rotatable bonds is 6. The maximum Gasteiger partial charge on any atom is 0.170 e. The van der Waals surface area contributed by atoms with E-state index in [4.69, 9.17) is 12.2 Å². The lowest BCUT2D eigenvalue weighted by atomic mass is 9.96. The van der Waals surface area contributed by atoms with Gasteiger partial charge in [0.25, 0.3) is 0 Å². The molecule has 3 aromatic rings. The molecule has 162 valence electrons. The molecule has 5 nitrogen and oxygen atoms in total. The molecule has 7 heteroatoms. The highest BCUT2D eigenvalue weighted by Gasteiger charge is 2.41. The summed E-state index contributed by atoms with van der Waals surface area (Å²) in [6.45, 7) is 5.73. The first kappa shape index (κ1) is 21.5. The zero-order valence-electron chi connectivity index (χ0n) is 18.3. The summed E-state index contributed by atoms with van der Waals surface area (Å²) < 4.78 is 16.6. The number of para-hydroxylation sites is 1. The van der Waals surface area contributed by atoms with Gasteiger partial charge in [0.05, 0.1) is 23.5 Å². The van der Waals surface area contributed by atoms with E-state index < -0.39 is 0 Å². The summed E-state index contributed by atoms with van der Waals surface area (Å²) in [6.07, 6.45) is 1.81. The molecule has 0 saturated carbocycles. The van der Waals surface area contributed by atoms with Gasteiger partial charge in [0.15, 0.2) is 5.11 Å². The van der Waals surface area contributed by atoms with E-state index in [1.807, 2.05) is 48.0 Å². The predicted octanol–water partition coefficient (Wildman–Crippen LogP) is 4.16. The van der Waals surface area contributed by atoms with Crippen molar-refractivity contribution >= 4 is 17.3 Å². The van der Waals surface area contributed by atoms with E-state index in [1.54, 1.807) is 6.07 Å². The number of hydrogen-bond donors (Lipinski definition) is 1. The second kappa shape index (κ2) is 8.77. The Morgan fingerprint density at radius 2 is 1.87 bits per heavy atom. The lowest BCUT2D eigenvalue weighted by Crippen LogP contribution is -2.35. The number of thiocarbonyl (C=S) groups is 1. The molecule has 1 saturated heterocycles. The van der Waals surface area contributed by atoms with Gasteiger partial charge in [-0.3, -0.25) is 4.98 Å². The summed E-state index contributed by atoms with van der Waals surface area (Å²) in [6, 6.07) is 14.9. The SMILES string of the molecule is Cc1cc([C@H]2[C@@H](c3ccccn3)NC(=S)N2CCN(C)C)c(C)n1-c1ccccc1F. The smallest absolute Gasteiger partial charge is 0.170 e. The van der Waals surface area contributed by atoms with Crippen molar-refractivity contribution in [3.8, 4) is 5.69 Å². The van der Waals surface area contributed by atoms with E-state index in [9.17, 15) is 4.39 Å². The Balaban J connectivity index is 1.82. The Kier molecular flexibility index (Phi) is 6.07. The molecule has 1 fully saturated rings. The van der Waals surface area contributed by atoms with Crippen LogP contribution in [-0.2, 0) is 0 Å². The molecule has 3 heterocycles. The normalized spacial score (nSPS) is 18.6. The third-order valence-corrected chi connectivity index (χ3v) is 6.22. The molecule has 0 spiro atoms. The number of halogens is 1. The van der Waals surface area contributed by atoms with Crippen molar-refractivity contribution in [2.45, 2.75) is 25.9 Å². The van der Waals surface area contributed by atoms with E-state index >= 15 is 0 Å². The van der Waals surface area contributed by atoms with Gasteiger partial charge in [0, 0.05) is 30.7 Å². The molecule has 0 radical (unpaired) electrons. The van der Waals surface area contributed by atoms with Crippen LogP contribution in [0.15, 0.2) is 54.7 Å². The second-order valence-electron chi connectivity index (χ2n) is 8.24. The Bertz CT molecular complexity index is 1080. The third kappa shape index (κ3) is 4.07. The molecular weight excluding hydrogens is 409 g/mol.